The highest BCUT2D eigenvalue weighted by atomic mass is 16.7. The van der Waals surface area contributed by atoms with Crippen molar-refractivity contribution >= 4 is 11.9 Å². The first kappa shape index (κ1) is 18.2. The Labute approximate surface area is 144 Å². The number of hydrogen-bond donors (Lipinski definition) is 3. The van der Waals surface area contributed by atoms with E-state index >= 15 is 0 Å². The molecule has 0 saturated heterocycles. The monoisotopic (exact) mass is 346 g/mol. The number of fused-ring (bicyclic) bond motifs is 1. The van der Waals surface area contributed by atoms with Crippen LogP contribution in [-0.4, -0.2) is 40.5 Å². The number of hydrogen-bond acceptors (Lipinski definition) is 6. The fourth-order valence-corrected chi connectivity index (χ4v) is 2.06. The lowest BCUT2D eigenvalue weighted by Gasteiger charge is -2.05. The molecule has 1 aromatic heterocycles. The van der Waals surface area contributed by atoms with E-state index in [0.29, 0.717) is 6.79 Å². The number of carbonyl (C=O) groups is 2. The molecule has 0 amide bonds. The van der Waals surface area contributed by atoms with Crippen molar-refractivity contribution in [2.24, 2.45) is 0 Å². The van der Waals surface area contributed by atoms with Gasteiger partial charge in [-0.05, 0) is 42.3 Å². The van der Waals surface area contributed by atoms with Gasteiger partial charge in [0, 0.05) is 18.9 Å². The molecule has 3 N–H and O–H groups in total. The fourth-order valence-electron chi connectivity index (χ4n) is 2.06. The Morgan fingerprint density at radius 1 is 1.08 bits per heavy atom. The largest absolute Gasteiger partial charge is 0.473 e. The lowest BCUT2D eigenvalue weighted by Crippen LogP contribution is -2.16. The average Bonchev–Trinajstić information content (AvgIpc) is 3.08. The smallest absolute Gasteiger partial charge is 0.414 e. The molecule has 0 radical (unpaired) electrons. The number of aliphatic carboxylic acids is 2. The minimum atomic E-state index is -1.82. The third kappa shape index (κ3) is 6.11. The number of carboxylic acids is 2. The minimum absolute atomic E-state index is 0.331. The molecule has 2 heterocycles. The van der Waals surface area contributed by atoms with Crippen molar-refractivity contribution in [1.82, 2.24) is 10.3 Å². The number of benzene rings is 1. The quantitative estimate of drug-likeness (QED) is 0.548. The maximum Gasteiger partial charge on any atom is 0.414 e. The van der Waals surface area contributed by atoms with Crippen molar-refractivity contribution in [3.63, 3.8) is 0 Å². The van der Waals surface area contributed by atoms with E-state index in [0.717, 1.165) is 31.0 Å². The van der Waals surface area contributed by atoms with Gasteiger partial charge in [-0.2, -0.15) is 0 Å². The predicted molar refractivity (Wildman–Crippen MR) is 87.5 cm³/mol. The van der Waals surface area contributed by atoms with Crippen LogP contribution in [0.1, 0.15) is 11.1 Å². The Hall–Kier alpha value is -3.13. The molecule has 25 heavy (non-hydrogen) atoms. The maximum atomic E-state index is 9.10. The van der Waals surface area contributed by atoms with Gasteiger partial charge in [-0.25, -0.2) is 9.59 Å². The summed E-state index contributed by atoms with van der Waals surface area (Å²) >= 11 is 0. The molecule has 0 saturated carbocycles. The molecule has 0 spiro atoms. The van der Waals surface area contributed by atoms with E-state index in [-0.39, 0.29) is 0 Å². The molecule has 132 valence electrons. The lowest BCUT2D eigenvalue weighted by molar-refractivity contribution is -0.159. The van der Waals surface area contributed by atoms with Crippen LogP contribution in [0.3, 0.4) is 0 Å². The number of aromatic nitrogens is 1. The van der Waals surface area contributed by atoms with E-state index in [2.05, 4.69) is 22.4 Å². The van der Waals surface area contributed by atoms with E-state index < -0.39 is 11.9 Å². The molecular formula is C17H18N2O6. The van der Waals surface area contributed by atoms with Gasteiger partial charge >= 0.3 is 11.9 Å². The second-order valence-corrected chi connectivity index (χ2v) is 5.09. The van der Waals surface area contributed by atoms with Crippen LogP contribution in [0.2, 0.25) is 0 Å². The predicted octanol–water partition coefficient (Wildman–Crippen LogP) is 1.30. The minimum Gasteiger partial charge on any atom is -0.473 e. The van der Waals surface area contributed by atoms with Gasteiger partial charge < -0.3 is 25.0 Å². The van der Waals surface area contributed by atoms with Gasteiger partial charge in [0.25, 0.3) is 0 Å². The lowest BCUT2D eigenvalue weighted by atomic mass is 10.1. The zero-order valence-corrected chi connectivity index (χ0v) is 13.3. The summed E-state index contributed by atoms with van der Waals surface area (Å²) in [4.78, 5) is 22.3. The summed E-state index contributed by atoms with van der Waals surface area (Å²) in [7, 11) is 0. The number of pyridine rings is 1. The van der Waals surface area contributed by atoms with Gasteiger partial charge in [-0.1, -0.05) is 12.1 Å². The van der Waals surface area contributed by atoms with Crippen LogP contribution in [0.25, 0.3) is 0 Å². The van der Waals surface area contributed by atoms with Crippen molar-refractivity contribution in [3.8, 4) is 11.5 Å². The normalized spacial score (nSPS) is 11.4. The third-order valence-corrected chi connectivity index (χ3v) is 3.26. The second kappa shape index (κ2) is 9.24. The fraction of sp³-hybridized carbons (Fsp3) is 0.235. The van der Waals surface area contributed by atoms with E-state index in [1.54, 1.807) is 6.20 Å². The number of nitrogens with one attached hydrogen (secondary N) is 1. The van der Waals surface area contributed by atoms with Gasteiger partial charge in [0.1, 0.15) is 0 Å². The Morgan fingerprint density at radius 3 is 2.52 bits per heavy atom. The SMILES string of the molecule is O=C(O)C(=O)O.c1cncc(CNCCc2ccc3c(c2)OCO3)c1. The number of nitrogens with zero attached hydrogens (tertiary/aromatic N) is 1. The summed E-state index contributed by atoms with van der Waals surface area (Å²) in [5.41, 5.74) is 2.45. The summed E-state index contributed by atoms with van der Waals surface area (Å²) in [5, 5.41) is 18.2. The van der Waals surface area contributed by atoms with Crippen LogP contribution < -0.4 is 14.8 Å². The molecule has 0 unspecified atom stereocenters. The van der Waals surface area contributed by atoms with Crippen molar-refractivity contribution in [1.29, 1.82) is 0 Å². The molecule has 1 aliphatic heterocycles. The maximum absolute atomic E-state index is 9.10. The molecular weight excluding hydrogens is 328 g/mol. The summed E-state index contributed by atoms with van der Waals surface area (Å²) in [6, 6.07) is 10.1. The number of carboxylic acid groups (broad SMARTS) is 2. The van der Waals surface area contributed by atoms with Crippen LogP contribution >= 0.6 is 0 Å². The highest BCUT2D eigenvalue weighted by Gasteiger charge is 2.12. The average molecular weight is 346 g/mol. The van der Waals surface area contributed by atoms with Crippen LogP contribution in [-0.2, 0) is 22.6 Å². The molecule has 8 nitrogen and oxygen atoms in total. The zero-order valence-electron chi connectivity index (χ0n) is 13.3. The standard InChI is InChI=1S/C15H16N2O2.C2H2O4/c1-2-13(9-16-6-1)10-17-7-5-12-3-4-14-15(8-12)19-11-18-14;3-1(4)2(5)6/h1-4,6,8-9,17H,5,7,10-11H2;(H,3,4)(H,5,6). The third-order valence-electron chi connectivity index (χ3n) is 3.26. The molecule has 0 fully saturated rings. The van der Waals surface area contributed by atoms with Crippen LogP contribution in [0.4, 0.5) is 0 Å². The van der Waals surface area contributed by atoms with E-state index in [4.69, 9.17) is 29.3 Å². The van der Waals surface area contributed by atoms with E-state index in [1.807, 2.05) is 24.4 Å². The molecule has 0 bridgehead atoms. The molecule has 3 rings (SSSR count). The van der Waals surface area contributed by atoms with Crippen molar-refractivity contribution < 1.29 is 29.3 Å². The van der Waals surface area contributed by atoms with Gasteiger partial charge in [-0.15, -0.1) is 0 Å². The summed E-state index contributed by atoms with van der Waals surface area (Å²) in [6.45, 7) is 2.10. The Bertz CT molecular complexity index is 708. The van der Waals surface area contributed by atoms with Crippen molar-refractivity contribution in [2.45, 2.75) is 13.0 Å². The topological polar surface area (TPSA) is 118 Å². The molecule has 2 aromatic rings. The van der Waals surface area contributed by atoms with Crippen LogP contribution in [0.5, 0.6) is 11.5 Å². The zero-order chi connectivity index (χ0) is 18.1. The van der Waals surface area contributed by atoms with Gasteiger partial charge in [0.2, 0.25) is 6.79 Å². The Morgan fingerprint density at radius 2 is 1.84 bits per heavy atom. The van der Waals surface area contributed by atoms with E-state index in [9.17, 15) is 0 Å². The van der Waals surface area contributed by atoms with Crippen molar-refractivity contribution in [2.75, 3.05) is 13.3 Å². The first-order valence-corrected chi connectivity index (χ1v) is 7.50. The van der Waals surface area contributed by atoms with Gasteiger partial charge in [0.05, 0.1) is 0 Å². The summed E-state index contributed by atoms with van der Waals surface area (Å²) in [6.07, 6.45) is 4.64. The van der Waals surface area contributed by atoms with E-state index in [1.165, 1.54) is 11.1 Å². The highest BCUT2D eigenvalue weighted by molar-refractivity contribution is 6.27. The first-order valence-electron chi connectivity index (χ1n) is 7.50. The second-order valence-electron chi connectivity index (χ2n) is 5.09. The van der Waals surface area contributed by atoms with Gasteiger partial charge in [0.15, 0.2) is 11.5 Å². The molecule has 1 aromatic carbocycles. The van der Waals surface area contributed by atoms with Gasteiger partial charge in [-0.3, -0.25) is 4.98 Å². The molecule has 0 aliphatic carbocycles. The molecule has 0 atom stereocenters. The highest BCUT2D eigenvalue weighted by Crippen LogP contribution is 2.32. The van der Waals surface area contributed by atoms with Crippen LogP contribution in [0, 0.1) is 0 Å². The Kier molecular flexibility index (Phi) is 6.73. The molecule has 1 aliphatic rings. The van der Waals surface area contributed by atoms with Crippen LogP contribution in [0.15, 0.2) is 42.7 Å². The molecule has 8 heteroatoms. The number of ether oxygens (including phenoxy) is 2. The Balaban J connectivity index is 0.000000326. The number of rotatable bonds is 5. The summed E-state index contributed by atoms with van der Waals surface area (Å²) in [5.74, 6) is -1.96. The first-order chi connectivity index (χ1) is 12.1. The van der Waals surface area contributed by atoms with Crippen molar-refractivity contribution in [3.05, 3.63) is 53.9 Å². The summed E-state index contributed by atoms with van der Waals surface area (Å²) < 4.78 is 10.7.